The Morgan fingerprint density at radius 3 is 2.45 bits per heavy atom. The fraction of sp³-hybridized carbons (Fsp3) is 0.381. The number of fused-ring (bicyclic) bond motifs is 1. The van der Waals surface area contributed by atoms with Crippen LogP contribution in [0.2, 0.25) is 5.02 Å². The van der Waals surface area contributed by atoms with Crippen LogP contribution in [0.5, 0.6) is 0 Å². The number of nitrogens with one attached hydrogen (secondary N) is 2. The van der Waals surface area contributed by atoms with Crippen molar-refractivity contribution in [1.29, 1.82) is 0 Å². The number of thiophene rings is 1. The van der Waals surface area contributed by atoms with Gasteiger partial charge >= 0.3 is 5.97 Å². The minimum absolute atomic E-state index is 0.0557. The second kappa shape index (κ2) is 8.55. The van der Waals surface area contributed by atoms with E-state index in [1.165, 1.54) is 11.3 Å². The highest BCUT2D eigenvalue weighted by molar-refractivity contribution is 7.17. The van der Waals surface area contributed by atoms with Gasteiger partial charge in [0.05, 0.1) is 12.0 Å². The van der Waals surface area contributed by atoms with Gasteiger partial charge in [-0.3, -0.25) is 14.4 Å². The number of hydrogen-bond donors (Lipinski definition) is 3. The first-order chi connectivity index (χ1) is 13.6. The number of aliphatic carboxylic acids is 1. The van der Waals surface area contributed by atoms with Crippen LogP contribution in [0.25, 0.3) is 0 Å². The summed E-state index contributed by atoms with van der Waals surface area (Å²) in [6.45, 7) is 3.48. The molecule has 3 rings (SSSR count). The van der Waals surface area contributed by atoms with Crippen LogP contribution in [-0.2, 0) is 22.4 Å². The summed E-state index contributed by atoms with van der Waals surface area (Å²) in [4.78, 5) is 37.7. The number of hydrogen-bond acceptors (Lipinski definition) is 4. The van der Waals surface area contributed by atoms with Crippen LogP contribution in [-0.4, -0.2) is 22.9 Å². The average molecular weight is 435 g/mol. The molecule has 0 saturated heterocycles. The quantitative estimate of drug-likeness (QED) is 0.573. The molecule has 1 aromatic heterocycles. The van der Waals surface area contributed by atoms with Crippen molar-refractivity contribution in [2.24, 2.45) is 5.41 Å². The van der Waals surface area contributed by atoms with Crippen molar-refractivity contribution in [3.8, 4) is 0 Å². The van der Waals surface area contributed by atoms with Gasteiger partial charge in [-0.25, -0.2) is 0 Å². The molecule has 0 bridgehead atoms. The molecule has 0 spiro atoms. The maximum absolute atomic E-state index is 13.0. The summed E-state index contributed by atoms with van der Waals surface area (Å²) >= 11 is 7.32. The van der Waals surface area contributed by atoms with E-state index in [4.69, 9.17) is 16.7 Å². The normalized spacial score (nSPS) is 13.1. The molecule has 0 radical (unpaired) electrons. The monoisotopic (exact) mass is 434 g/mol. The standard InChI is InChI=1S/C21H23ClN2O4S/c1-21(2,11-17(26)27)10-16(25)24-20-18(14-4-3-5-15(14)29-20)19(28)23-13-8-6-12(22)7-9-13/h6-9H,3-5,10-11H2,1-2H3,(H,23,28)(H,24,25)(H,26,27). The lowest BCUT2D eigenvalue weighted by Crippen LogP contribution is -2.25. The molecule has 6 nitrogen and oxygen atoms in total. The lowest BCUT2D eigenvalue weighted by molar-refractivity contribution is -0.139. The highest BCUT2D eigenvalue weighted by atomic mass is 35.5. The molecule has 2 aromatic rings. The van der Waals surface area contributed by atoms with Gasteiger partial charge in [0.25, 0.3) is 5.91 Å². The highest BCUT2D eigenvalue weighted by Crippen LogP contribution is 2.40. The summed E-state index contributed by atoms with van der Waals surface area (Å²) in [5.74, 6) is -1.51. The van der Waals surface area contributed by atoms with Crippen molar-refractivity contribution in [3.05, 3.63) is 45.3 Å². The minimum Gasteiger partial charge on any atom is -0.481 e. The van der Waals surface area contributed by atoms with Gasteiger partial charge < -0.3 is 15.7 Å². The lowest BCUT2D eigenvalue weighted by atomic mass is 9.85. The number of amides is 2. The first kappa shape index (κ1) is 21.3. The molecule has 0 fully saturated rings. The smallest absolute Gasteiger partial charge is 0.303 e. The predicted molar refractivity (Wildman–Crippen MR) is 115 cm³/mol. The third-order valence-corrected chi connectivity index (χ3v) is 6.23. The van der Waals surface area contributed by atoms with Crippen molar-refractivity contribution in [2.45, 2.75) is 46.0 Å². The van der Waals surface area contributed by atoms with E-state index in [0.29, 0.717) is 21.3 Å². The predicted octanol–water partition coefficient (Wildman–Crippen LogP) is 4.97. The van der Waals surface area contributed by atoms with E-state index in [0.717, 1.165) is 29.7 Å². The Kier molecular flexibility index (Phi) is 6.29. The van der Waals surface area contributed by atoms with Crippen LogP contribution in [0.4, 0.5) is 10.7 Å². The molecular formula is C21H23ClN2O4S. The van der Waals surface area contributed by atoms with E-state index in [1.54, 1.807) is 38.1 Å². The summed E-state index contributed by atoms with van der Waals surface area (Å²) in [7, 11) is 0. The molecule has 1 aliphatic rings. The van der Waals surface area contributed by atoms with Crippen molar-refractivity contribution < 1.29 is 19.5 Å². The molecule has 1 aliphatic carbocycles. The van der Waals surface area contributed by atoms with Gasteiger partial charge in [-0.05, 0) is 54.5 Å². The second-order valence-corrected chi connectivity index (χ2v) is 9.52. The van der Waals surface area contributed by atoms with Gasteiger partial charge in [-0.15, -0.1) is 11.3 Å². The molecule has 154 valence electrons. The number of rotatable bonds is 7. The molecule has 3 N–H and O–H groups in total. The number of carboxylic acids is 1. The fourth-order valence-corrected chi connectivity index (χ4v) is 4.97. The molecule has 1 aromatic carbocycles. The summed E-state index contributed by atoms with van der Waals surface area (Å²) in [5.41, 5.74) is 1.43. The largest absolute Gasteiger partial charge is 0.481 e. The first-order valence-electron chi connectivity index (χ1n) is 9.38. The number of carboxylic acid groups (broad SMARTS) is 1. The summed E-state index contributed by atoms with van der Waals surface area (Å²) in [6, 6.07) is 6.84. The molecule has 0 atom stereocenters. The molecule has 0 unspecified atom stereocenters. The van der Waals surface area contributed by atoms with E-state index in [-0.39, 0.29) is 24.7 Å². The van der Waals surface area contributed by atoms with Gasteiger partial charge in [0.2, 0.25) is 5.91 Å². The SMILES string of the molecule is CC(C)(CC(=O)O)CC(=O)Nc1sc2c(c1C(=O)Nc1ccc(Cl)cc1)CCC2. The molecular weight excluding hydrogens is 412 g/mol. The van der Waals surface area contributed by atoms with E-state index in [9.17, 15) is 14.4 Å². The zero-order chi connectivity index (χ0) is 21.2. The Bertz CT molecular complexity index is 950. The number of carbonyl (C=O) groups is 3. The number of benzene rings is 1. The van der Waals surface area contributed by atoms with Gasteiger partial charge in [0.1, 0.15) is 5.00 Å². The van der Waals surface area contributed by atoms with Gasteiger partial charge in [0.15, 0.2) is 0 Å². The van der Waals surface area contributed by atoms with Crippen molar-refractivity contribution in [2.75, 3.05) is 10.6 Å². The minimum atomic E-state index is -0.944. The van der Waals surface area contributed by atoms with E-state index < -0.39 is 11.4 Å². The van der Waals surface area contributed by atoms with E-state index in [1.807, 2.05) is 0 Å². The van der Waals surface area contributed by atoms with Crippen molar-refractivity contribution in [3.63, 3.8) is 0 Å². The van der Waals surface area contributed by atoms with E-state index in [2.05, 4.69) is 10.6 Å². The molecule has 29 heavy (non-hydrogen) atoms. The number of halogens is 1. The zero-order valence-corrected chi connectivity index (χ0v) is 17.9. The maximum atomic E-state index is 13.0. The Labute approximate surface area is 178 Å². The Morgan fingerprint density at radius 2 is 1.79 bits per heavy atom. The number of carbonyl (C=O) groups excluding carboxylic acids is 2. The third kappa shape index (κ3) is 5.36. The Morgan fingerprint density at radius 1 is 1.10 bits per heavy atom. The fourth-order valence-electron chi connectivity index (χ4n) is 3.54. The lowest BCUT2D eigenvalue weighted by Gasteiger charge is -2.21. The van der Waals surface area contributed by atoms with Crippen LogP contribution in [0.3, 0.4) is 0 Å². The number of anilines is 2. The molecule has 0 aliphatic heterocycles. The number of aryl methyl sites for hydroxylation is 1. The van der Waals surface area contributed by atoms with Gasteiger partial charge in [-0.1, -0.05) is 25.4 Å². The molecule has 8 heteroatoms. The molecule has 1 heterocycles. The van der Waals surface area contributed by atoms with Crippen LogP contribution in [0.15, 0.2) is 24.3 Å². The van der Waals surface area contributed by atoms with Gasteiger partial charge in [0, 0.05) is 22.0 Å². The average Bonchev–Trinajstić information content (AvgIpc) is 3.15. The summed E-state index contributed by atoms with van der Waals surface area (Å²) in [6.07, 6.45) is 2.63. The van der Waals surface area contributed by atoms with Crippen LogP contribution in [0.1, 0.15) is 53.9 Å². The third-order valence-electron chi connectivity index (χ3n) is 4.77. The van der Waals surface area contributed by atoms with Crippen molar-refractivity contribution >= 4 is 51.4 Å². The zero-order valence-electron chi connectivity index (χ0n) is 16.3. The van der Waals surface area contributed by atoms with Gasteiger partial charge in [-0.2, -0.15) is 0 Å². The molecule has 0 saturated carbocycles. The van der Waals surface area contributed by atoms with E-state index >= 15 is 0 Å². The van der Waals surface area contributed by atoms with Crippen LogP contribution in [0, 0.1) is 5.41 Å². The molecule has 2 amide bonds. The Hall–Kier alpha value is -2.38. The second-order valence-electron chi connectivity index (χ2n) is 7.98. The topological polar surface area (TPSA) is 95.5 Å². The maximum Gasteiger partial charge on any atom is 0.303 e. The summed E-state index contributed by atoms with van der Waals surface area (Å²) in [5, 5.41) is 15.8. The summed E-state index contributed by atoms with van der Waals surface area (Å²) < 4.78 is 0. The van der Waals surface area contributed by atoms with Crippen LogP contribution < -0.4 is 10.6 Å². The first-order valence-corrected chi connectivity index (χ1v) is 10.6. The Balaban J connectivity index is 1.79. The van der Waals surface area contributed by atoms with Crippen LogP contribution >= 0.6 is 22.9 Å². The highest BCUT2D eigenvalue weighted by Gasteiger charge is 2.30. The van der Waals surface area contributed by atoms with Crippen molar-refractivity contribution in [1.82, 2.24) is 0 Å².